The van der Waals surface area contributed by atoms with Gasteiger partial charge in [0.25, 0.3) is 0 Å². The van der Waals surface area contributed by atoms with Crippen LogP contribution in [0.2, 0.25) is 10.0 Å². The number of methoxy groups -OCH3 is 1. The molecule has 0 saturated heterocycles. The first-order valence-electron chi connectivity index (χ1n) is 10.0. The number of carbonyl (C=O) groups excluding carboxylic acids is 2. The Kier molecular flexibility index (Phi) is 7.52. The van der Waals surface area contributed by atoms with Gasteiger partial charge in [0, 0.05) is 27.0 Å². The molecule has 0 unspecified atom stereocenters. The molecule has 0 aliphatic carbocycles. The summed E-state index contributed by atoms with van der Waals surface area (Å²) in [6.07, 6.45) is 0. The minimum Gasteiger partial charge on any atom is -0.465 e. The van der Waals surface area contributed by atoms with Gasteiger partial charge in [-0.05, 0) is 72.8 Å². The fraction of sp³-hybridized carbons (Fsp3) is 0.0833. The summed E-state index contributed by atoms with van der Waals surface area (Å²) in [5, 5.41) is 13.2. The number of halogens is 2. The predicted molar refractivity (Wildman–Crippen MR) is 134 cm³/mol. The molecule has 4 rings (SSSR count). The van der Waals surface area contributed by atoms with E-state index in [-0.39, 0.29) is 11.7 Å². The Morgan fingerprint density at radius 2 is 1.53 bits per heavy atom. The highest BCUT2D eigenvalue weighted by Gasteiger charge is 2.17. The van der Waals surface area contributed by atoms with Crippen molar-refractivity contribution in [2.45, 2.75) is 5.16 Å². The van der Waals surface area contributed by atoms with Crippen molar-refractivity contribution < 1.29 is 14.3 Å². The second kappa shape index (κ2) is 10.7. The molecular weight excluding hydrogens is 495 g/mol. The number of amides is 1. The number of anilines is 1. The summed E-state index contributed by atoms with van der Waals surface area (Å²) in [5.74, 6) is 0.0479. The van der Waals surface area contributed by atoms with Gasteiger partial charge in [-0.3, -0.25) is 9.36 Å². The lowest BCUT2D eigenvalue weighted by Crippen LogP contribution is -2.14. The molecule has 1 N–H and O–H groups in total. The summed E-state index contributed by atoms with van der Waals surface area (Å²) in [5.41, 5.74) is 2.61. The third-order valence-corrected chi connectivity index (χ3v) is 6.18. The second-order valence-corrected chi connectivity index (χ2v) is 8.85. The summed E-state index contributed by atoms with van der Waals surface area (Å²) in [7, 11) is 1.32. The molecule has 1 heterocycles. The molecule has 10 heteroatoms. The monoisotopic (exact) mass is 512 g/mol. The lowest BCUT2D eigenvalue weighted by atomic mass is 10.2. The van der Waals surface area contributed by atoms with Crippen LogP contribution in [-0.4, -0.2) is 39.5 Å². The average Bonchev–Trinajstić information content (AvgIpc) is 3.27. The van der Waals surface area contributed by atoms with Crippen LogP contribution in [0.15, 0.2) is 78.0 Å². The summed E-state index contributed by atoms with van der Waals surface area (Å²) < 4.78 is 6.54. The van der Waals surface area contributed by atoms with E-state index in [1.54, 1.807) is 48.5 Å². The van der Waals surface area contributed by atoms with Crippen LogP contribution in [0.3, 0.4) is 0 Å². The zero-order valence-electron chi connectivity index (χ0n) is 17.9. The molecule has 0 spiro atoms. The number of nitrogens with zero attached hydrogens (tertiary/aromatic N) is 3. The molecule has 0 radical (unpaired) electrons. The molecule has 0 fully saturated rings. The van der Waals surface area contributed by atoms with Crippen molar-refractivity contribution in [3.8, 4) is 17.1 Å². The standard InChI is InChI=1S/C24H18Cl2N4O3S/c1-33-23(32)16-4-10-19(11-5-16)27-21(31)14-34-24-29-28-22(15-2-6-17(25)7-3-15)30(24)20-12-8-18(26)9-13-20/h2-13H,14H2,1H3,(H,27,31). The van der Waals surface area contributed by atoms with Gasteiger partial charge in [0.05, 0.1) is 18.4 Å². The van der Waals surface area contributed by atoms with Gasteiger partial charge in [-0.2, -0.15) is 0 Å². The van der Waals surface area contributed by atoms with Gasteiger partial charge < -0.3 is 10.1 Å². The molecule has 172 valence electrons. The van der Waals surface area contributed by atoms with Crippen molar-refractivity contribution in [1.82, 2.24) is 14.8 Å². The Balaban J connectivity index is 1.53. The van der Waals surface area contributed by atoms with Crippen LogP contribution >= 0.6 is 35.0 Å². The molecule has 34 heavy (non-hydrogen) atoms. The lowest BCUT2D eigenvalue weighted by Gasteiger charge is -2.11. The van der Waals surface area contributed by atoms with Crippen LogP contribution in [0.1, 0.15) is 10.4 Å². The van der Waals surface area contributed by atoms with Gasteiger partial charge in [0.2, 0.25) is 5.91 Å². The number of rotatable bonds is 7. The van der Waals surface area contributed by atoms with E-state index >= 15 is 0 Å². The number of carbonyl (C=O) groups is 2. The molecule has 3 aromatic carbocycles. The molecule has 0 aliphatic rings. The topological polar surface area (TPSA) is 86.1 Å². The molecule has 0 saturated carbocycles. The number of nitrogens with one attached hydrogen (secondary N) is 1. The van der Waals surface area contributed by atoms with E-state index in [1.807, 2.05) is 28.8 Å². The first-order valence-corrected chi connectivity index (χ1v) is 11.8. The number of thioether (sulfide) groups is 1. The van der Waals surface area contributed by atoms with Crippen molar-refractivity contribution in [3.63, 3.8) is 0 Å². The number of benzene rings is 3. The van der Waals surface area contributed by atoms with Crippen LogP contribution in [0.25, 0.3) is 17.1 Å². The maximum absolute atomic E-state index is 12.6. The zero-order valence-corrected chi connectivity index (χ0v) is 20.2. The highest BCUT2D eigenvalue weighted by Crippen LogP contribution is 2.29. The normalized spacial score (nSPS) is 10.7. The number of hydrogen-bond donors (Lipinski definition) is 1. The molecule has 4 aromatic rings. The maximum Gasteiger partial charge on any atom is 0.337 e. The van der Waals surface area contributed by atoms with Gasteiger partial charge in [0.15, 0.2) is 11.0 Å². The highest BCUT2D eigenvalue weighted by molar-refractivity contribution is 7.99. The first kappa shape index (κ1) is 23.8. The van der Waals surface area contributed by atoms with Crippen LogP contribution in [0.5, 0.6) is 0 Å². The Hall–Kier alpha value is -3.33. The minimum absolute atomic E-state index is 0.102. The fourth-order valence-electron chi connectivity index (χ4n) is 3.11. The van der Waals surface area contributed by atoms with Crippen LogP contribution in [0.4, 0.5) is 5.69 Å². The van der Waals surface area contributed by atoms with Crippen molar-refractivity contribution in [2.24, 2.45) is 0 Å². The second-order valence-electron chi connectivity index (χ2n) is 7.03. The summed E-state index contributed by atoms with van der Waals surface area (Å²) in [6.45, 7) is 0. The van der Waals surface area contributed by atoms with E-state index in [1.165, 1.54) is 18.9 Å². The Labute approximate surface area is 210 Å². The summed E-state index contributed by atoms with van der Waals surface area (Å²) >= 11 is 13.3. The predicted octanol–water partition coefficient (Wildman–Crippen LogP) is 5.76. The van der Waals surface area contributed by atoms with E-state index in [0.29, 0.717) is 32.3 Å². The van der Waals surface area contributed by atoms with Gasteiger partial charge in [-0.25, -0.2) is 4.79 Å². The largest absolute Gasteiger partial charge is 0.465 e. The smallest absolute Gasteiger partial charge is 0.337 e. The first-order chi connectivity index (χ1) is 16.4. The van der Waals surface area contributed by atoms with Crippen LogP contribution in [-0.2, 0) is 9.53 Å². The number of ether oxygens (including phenoxy) is 1. The zero-order chi connectivity index (χ0) is 24.1. The van der Waals surface area contributed by atoms with Crippen LogP contribution in [0, 0.1) is 0 Å². The lowest BCUT2D eigenvalue weighted by molar-refractivity contribution is -0.113. The molecule has 0 atom stereocenters. The third kappa shape index (κ3) is 5.59. The molecule has 1 amide bonds. The SMILES string of the molecule is COC(=O)c1ccc(NC(=O)CSc2nnc(-c3ccc(Cl)cc3)n2-c2ccc(Cl)cc2)cc1. The molecule has 7 nitrogen and oxygen atoms in total. The van der Waals surface area contributed by atoms with E-state index in [4.69, 9.17) is 23.2 Å². The van der Waals surface area contributed by atoms with E-state index in [2.05, 4.69) is 20.3 Å². The Bertz CT molecular complexity index is 1310. The van der Waals surface area contributed by atoms with Crippen molar-refractivity contribution in [2.75, 3.05) is 18.2 Å². The number of hydrogen-bond acceptors (Lipinski definition) is 6. The van der Waals surface area contributed by atoms with Crippen molar-refractivity contribution in [3.05, 3.63) is 88.4 Å². The van der Waals surface area contributed by atoms with Gasteiger partial charge >= 0.3 is 5.97 Å². The Morgan fingerprint density at radius 3 is 2.15 bits per heavy atom. The molecule has 0 aliphatic heterocycles. The molecular formula is C24H18Cl2N4O3S. The summed E-state index contributed by atoms with van der Waals surface area (Å²) in [4.78, 5) is 24.1. The Morgan fingerprint density at radius 1 is 0.912 bits per heavy atom. The van der Waals surface area contributed by atoms with Crippen LogP contribution < -0.4 is 5.32 Å². The van der Waals surface area contributed by atoms with Crippen molar-refractivity contribution in [1.29, 1.82) is 0 Å². The highest BCUT2D eigenvalue weighted by atomic mass is 35.5. The molecule has 0 bridgehead atoms. The number of esters is 1. The third-order valence-electron chi connectivity index (χ3n) is 4.74. The van der Waals surface area contributed by atoms with E-state index in [9.17, 15) is 9.59 Å². The van der Waals surface area contributed by atoms with Gasteiger partial charge in [0.1, 0.15) is 0 Å². The quantitative estimate of drug-likeness (QED) is 0.250. The molecule has 1 aromatic heterocycles. The van der Waals surface area contributed by atoms with Crippen molar-refractivity contribution >= 4 is 52.5 Å². The number of aromatic nitrogens is 3. The minimum atomic E-state index is -0.438. The van der Waals surface area contributed by atoms with E-state index < -0.39 is 5.97 Å². The van der Waals surface area contributed by atoms with Gasteiger partial charge in [-0.1, -0.05) is 35.0 Å². The van der Waals surface area contributed by atoms with Gasteiger partial charge in [-0.15, -0.1) is 10.2 Å². The maximum atomic E-state index is 12.6. The average molecular weight is 513 g/mol. The summed E-state index contributed by atoms with van der Waals surface area (Å²) in [6, 6.07) is 21.0. The van der Waals surface area contributed by atoms with E-state index in [0.717, 1.165) is 11.3 Å². The fourth-order valence-corrected chi connectivity index (χ4v) is 4.11.